The predicted octanol–water partition coefficient (Wildman–Crippen LogP) is 2.77. The molecule has 0 radical (unpaired) electrons. The van der Waals surface area contributed by atoms with Crippen LogP contribution in [0, 0.1) is 5.41 Å². The maximum atomic E-state index is 12.4. The quantitative estimate of drug-likeness (QED) is 0.646. The lowest BCUT2D eigenvalue weighted by atomic mass is 9.70. The van der Waals surface area contributed by atoms with Crippen molar-refractivity contribution in [3.63, 3.8) is 0 Å². The fourth-order valence-electron chi connectivity index (χ4n) is 3.15. The van der Waals surface area contributed by atoms with E-state index in [0.29, 0.717) is 5.78 Å². The number of carbonyl (C=O) groups excluding carboxylic acids is 1. The van der Waals surface area contributed by atoms with Crippen molar-refractivity contribution in [3.05, 3.63) is 29.6 Å². The zero-order chi connectivity index (χ0) is 10.3. The van der Waals surface area contributed by atoms with E-state index in [9.17, 15) is 4.79 Å². The molecule has 2 aliphatic carbocycles. The van der Waals surface area contributed by atoms with Crippen LogP contribution in [-0.4, -0.2) is 10.8 Å². The molecule has 2 heteroatoms. The molecule has 2 nitrogen and oxygen atoms in total. The summed E-state index contributed by atoms with van der Waals surface area (Å²) < 4.78 is 0. The number of pyridine rings is 1. The van der Waals surface area contributed by atoms with Gasteiger partial charge in [-0.1, -0.05) is 12.8 Å². The molecule has 0 bridgehead atoms. The van der Waals surface area contributed by atoms with Gasteiger partial charge in [0.05, 0.1) is 0 Å². The molecule has 3 rings (SSSR count). The van der Waals surface area contributed by atoms with Crippen LogP contribution < -0.4 is 0 Å². The topological polar surface area (TPSA) is 30.0 Å². The van der Waals surface area contributed by atoms with Crippen molar-refractivity contribution in [1.29, 1.82) is 0 Å². The van der Waals surface area contributed by atoms with E-state index < -0.39 is 0 Å². The zero-order valence-electron chi connectivity index (χ0n) is 8.83. The fourth-order valence-corrected chi connectivity index (χ4v) is 3.15. The van der Waals surface area contributed by atoms with Crippen LogP contribution in [0.15, 0.2) is 18.5 Å². The fraction of sp³-hybridized carbons (Fsp3) is 0.538. The molecule has 78 valence electrons. The molecule has 0 aromatic carbocycles. The first-order chi connectivity index (χ1) is 7.32. The molecule has 1 spiro atoms. The van der Waals surface area contributed by atoms with E-state index in [2.05, 4.69) is 4.98 Å². The number of ketones is 1. The van der Waals surface area contributed by atoms with Gasteiger partial charge in [-0.05, 0) is 37.3 Å². The summed E-state index contributed by atoms with van der Waals surface area (Å²) in [7, 11) is 0. The van der Waals surface area contributed by atoms with Gasteiger partial charge in [-0.2, -0.15) is 0 Å². The Labute approximate surface area is 89.7 Å². The number of rotatable bonds is 0. The molecule has 0 atom stereocenters. The maximum absolute atomic E-state index is 12.4. The Hall–Kier alpha value is -1.18. The van der Waals surface area contributed by atoms with Gasteiger partial charge in [0, 0.05) is 23.4 Å². The summed E-state index contributed by atoms with van der Waals surface area (Å²) in [4.78, 5) is 16.5. The molecule has 0 amide bonds. The SMILES string of the molecule is O=C1c2ccncc2CCC12CCCC2. The van der Waals surface area contributed by atoms with Crippen molar-refractivity contribution >= 4 is 5.78 Å². The van der Waals surface area contributed by atoms with Crippen LogP contribution in [0.2, 0.25) is 0 Å². The van der Waals surface area contributed by atoms with Crippen LogP contribution in [0.4, 0.5) is 0 Å². The molecular weight excluding hydrogens is 186 g/mol. The van der Waals surface area contributed by atoms with Crippen LogP contribution in [0.3, 0.4) is 0 Å². The number of fused-ring (bicyclic) bond motifs is 1. The number of carbonyl (C=O) groups is 1. The monoisotopic (exact) mass is 201 g/mol. The first kappa shape index (κ1) is 9.08. The Morgan fingerprint density at radius 3 is 2.80 bits per heavy atom. The average molecular weight is 201 g/mol. The van der Waals surface area contributed by atoms with Crippen molar-refractivity contribution in [2.45, 2.75) is 38.5 Å². The maximum Gasteiger partial charge on any atom is 0.169 e. The first-order valence-corrected chi connectivity index (χ1v) is 5.80. The first-order valence-electron chi connectivity index (χ1n) is 5.80. The second-order valence-electron chi connectivity index (χ2n) is 4.85. The lowest BCUT2D eigenvalue weighted by Gasteiger charge is -2.32. The highest BCUT2D eigenvalue weighted by Gasteiger charge is 2.43. The van der Waals surface area contributed by atoms with E-state index in [1.807, 2.05) is 12.3 Å². The van der Waals surface area contributed by atoms with Crippen molar-refractivity contribution in [3.8, 4) is 0 Å². The van der Waals surface area contributed by atoms with Crippen molar-refractivity contribution in [1.82, 2.24) is 4.98 Å². The lowest BCUT2D eigenvalue weighted by molar-refractivity contribution is 0.0765. The van der Waals surface area contributed by atoms with Crippen LogP contribution >= 0.6 is 0 Å². The van der Waals surface area contributed by atoms with Crippen LogP contribution in [0.5, 0.6) is 0 Å². The molecule has 2 aliphatic rings. The van der Waals surface area contributed by atoms with Crippen LogP contribution in [-0.2, 0) is 6.42 Å². The van der Waals surface area contributed by atoms with Gasteiger partial charge in [0.2, 0.25) is 0 Å². The molecule has 1 fully saturated rings. The van der Waals surface area contributed by atoms with Gasteiger partial charge in [0.15, 0.2) is 5.78 Å². The van der Waals surface area contributed by atoms with Gasteiger partial charge < -0.3 is 0 Å². The third-order valence-electron chi connectivity index (χ3n) is 4.06. The number of aryl methyl sites for hydroxylation is 1. The Balaban J connectivity index is 2.05. The van der Waals surface area contributed by atoms with Gasteiger partial charge in [-0.3, -0.25) is 9.78 Å². The van der Waals surface area contributed by atoms with E-state index in [4.69, 9.17) is 0 Å². The molecule has 0 aliphatic heterocycles. The molecule has 1 aromatic heterocycles. The largest absolute Gasteiger partial charge is 0.294 e. The minimum absolute atomic E-state index is 0.00829. The summed E-state index contributed by atoms with van der Waals surface area (Å²) in [6.45, 7) is 0. The molecule has 15 heavy (non-hydrogen) atoms. The summed E-state index contributed by atoms with van der Waals surface area (Å²) in [6.07, 6.45) is 10.3. The zero-order valence-corrected chi connectivity index (χ0v) is 8.83. The molecule has 1 saturated carbocycles. The highest BCUT2D eigenvalue weighted by molar-refractivity contribution is 6.02. The van der Waals surface area contributed by atoms with Gasteiger partial charge >= 0.3 is 0 Å². The van der Waals surface area contributed by atoms with Gasteiger partial charge in [-0.15, -0.1) is 0 Å². The molecule has 1 aromatic rings. The third-order valence-corrected chi connectivity index (χ3v) is 4.06. The molecule has 0 unspecified atom stereocenters. The Morgan fingerprint density at radius 2 is 2.00 bits per heavy atom. The van der Waals surface area contributed by atoms with Crippen molar-refractivity contribution in [2.24, 2.45) is 5.41 Å². The Bertz CT molecular complexity index is 405. The van der Waals surface area contributed by atoms with E-state index >= 15 is 0 Å². The molecule has 0 saturated heterocycles. The predicted molar refractivity (Wildman–Crippen MR) is 57.8 cm³/mol. The van der Waals surface area contributed by atoms with E-state index in [-0.39, 0.29) is 5.41 Å². The van der Waals surface area contributed by atoms with Gasteiger partial charge in [0.1, 0.15) is 0 Å². The second-order valence-corrected chi connectivity index (χ2v) is 4.85. The second kappa shape index (κ2) is 3.16. The summed E-state index contributed by atoms with van der Waals surface area (Å²) >= 11 is 0. The summed E-state index contributed by atoms with van der Waals surface area (Å²) in [5.41, 5.74) is 2.10. The normalized spacial score (nSPS) is 23.1. The lowest BCUT2D eigenvalue weighted by Crippen LogP contribution is -2.33. The molecule has 0 N–H and O–H groups in total. The number of Topliss-reactive ketones (excluding diaryl/α,β-unsaturated/α-hetero) is 1. The van der Waals surface area contributed by atoms with Gasteiger partial charge in [0.25, 0.3) is 0 Å². The smallest absolute Gasteiger partial charge is 0.169 e. The number of nitrogens with zero attached hydrogens (tertiary/aromatic N) is 1. The average Bonchev–Trinajstić information content (AvgIpc) is 2.74. The van der Waals surface area contributed by atoms with E-state index in [1.54, 1.807) is 6.20 Å². The van der Waals surface area contributed by atoms with Gasteiger partial charge in [-0.25, -0.2) is 0 Å². The Morgan fingerprint density at radius 1 is 1.20 bits per heavy atom. The number of hydrogen-bond donors (Lipinski definition) is 0. The number of hydrogen-bond acceptors (Lipinski definition) is 2. The van der Waals surface area contributed by atoms with Crippen molar-refractivity contribution < 1.29 is 4.79 Å². The highest BCUT2D eigenvalue weighted by Crippen LogP contribution is 2.47. The standard InChI is InChI=1S/C13H15NO/c15-12-11-4-8-14-9-10(11)3-7-13(12)5-1-2-6-13/h4,8-9H,1-3,5-7H2. The summed E-state index contributed by atoms with van der Waals surface area (Å²) in [6, 6.07) is 1.90. The highest BCUT2D eigenvalue weighted by atomic mass is 16.1. The summed E-state index contributed by atoms with van der Waals surface area (Å²) in [5.74, 6) is 0.392. The minimum Gasteiger partial charge on any atom is -0.294 e. The van der Waals surface area contributed by atoms with E-state index in [0.717, 1.165) is 36.8 Å². The van der Waals surface area contributed by atoms with E-state index in [1.165, 1.54) is 12.8 Å². The van der Waals surface area contributed by atoms with Crippen LogP contribution in [0.1, 0.15) is 48.0 Å². The van der Waals surface area contributed by atoms with Crippen LogP contribution in [0.25, 0.3) is 0 Å². The number of aromatic nitrogens is 1. The molecular formula is C13H15NO. The summed E-state index contributed by atoms with van der Waals surface area (Å²) in [5, 5.41) is 0. The Kier molecular flexibility index (Phi) is 1.91. The third kappa shape index (κ3) is 1.24. The minimum atomic E-state index is 0.00829. The van der Waals surface area contributed by atoms with Crippen molar-refractivity contribution in [2.75, 3.05) is 0 Å². The molecule has 1 heterocycles.